The molecule has 0 aliphatic heterocycles. The molecule has 0 spiro atoms. The van der Waals surface area contributed by atoms with Gasteiger partial charge in [0.1, 0.15) is 5.75 Å². The Bertz CT molecular complexity index is 546. The van der Waals surface area contributed by atoms with Crippen molar-refractivity contribution in [3.05, 3.63) is 42.0 Å². The molecule has 1 aromatic rings. The van der Waals surface area contributed by atoms with Crippen LogP contribution in [0.25, 0.3) is 0 Å². The molecule has 0 saturated heterocycles. The van der Waals surface area contributed by atoms with E-state index in [1.54, 1.807) is 24.3 Å². The van der Waals surface area contributed by atoms with Crippen LogP contribution in [0.4, 0.5) is 0 Å². The predicted octanol–water partition coefficient (Wildman–Crippen LogP) is 2.00. The molecule has 3 rings (SSSR count). The number of aromatic hydroxyl groups is 1. The van der Waals surface area contributed by atoms with Gasteiger partial charge in [0, 0.05) is 11.6 Å². The molecule has 2 atom stereocenters. The fourth-order valence-corrected chi connectivity index (χ4v) is 2.64. The minimum absolute atomic E-state index is 0.118. The molecule has 0 radical (unpaired) electrons. The Balaban J connectivity index is 1.52. The number of allylic oxidation sites excluding steroid dienone is 2. The first-order valence-electron chi connectivity index (χ1n) is 6.52. The molecule has 19 heavy (non-hydrogen) atoms. The predicted molar refractivity (Wildman–Crippen MR) is 72.7 cm³/mol. The van der Waals surface area contributed by atoms with E-state index in [9.17, 15) is 4.79 Å². The Morgan fingerprint density at radius 2 is 2.16 bits per heavy atom. The molecule has 2 N–H and O–H groups in total. The Morgan fingerprint density at radius 1 is 1.37 bits per heavy atom. The number of carbonyl (C=O) groups excluding carboxylic acids is 1. The molecule has 2 aliphatic rings. The fraction of sp³-hybridized carbons (Fsp3) is 0.333. The lowest BCUT2D eigenvalue weighted by Gasteiger charge is -2.31. The molecular formula is C15H16N2O2. The maximum atomic E-state index is 11.7. The van der Waals surface area contributed by atoms with Crippen LogP contribution in [0.15, 0.2) is 41.5 Å². The third-order valence-electron chi connectivity index (χ3n) is 3.79. The van der Waals surface area contributed by atoms with E-state index in [0.717, 1.165) is 24.1 Å². The third kappa shape index (κ3) is 2.52. The average molecular weight is 256 g/mol. The number of benzene rings is 1. The summed E-state index contributed by atoms with van der Waals surface area (Å²) in [6.45, 7) is 0. The minimum atomic E-state index is -0.118. The lowest BCUT2D eigenvalue weighted by Crippen LogP contribution is -2.35. The number of nitrogens with zero attached hydrogens (tertiary/aromatic N) is 1. The van der Waals surface area contributed by atoms with Crippen LogP contribution in [0.1, 0.15) is 18.4 Å². The van der Waals surface area contributed by atoms with Gasteiger partial charge in [0.25, 0.3) is 0 Å². The van der Waals surface area contributed by atoms with Crippen molar-refractivity contribution < 1.29 is 9.90 Å². The topological polar surface area (TPSA) is 61.7 Å². The number of nitrogens with one attached hydrogen (secondary N) is 1. The molecule has 1 saturated carbocycles. The van der Waals surface area contributed by atoms with Gasteiger partial charge in [-0.25, -0.2) is 5.43 Å². The molecule has 1 amide bonds. The zero-order chi connectivity index (χ0) is 13.2. The number of carbonyl (C=O) groups is 1. The van der Waals surface area contributed by atoms with Gasteiger partial charge in [-0.15, -0.1) is 0 Å². The second-order valence-electron chi connectivity index (χ2n) is 5.12. The van der Waals surface area contributed by atoms with Crippen molar-refractivity contribution in [3.63, 3.8) is 0 Å². The highest BCUT2D eigenvalue weighted by atomic mass is 16.3. The van der Waals surface area contributed by atoms with Gasteiger partial charge in [0.05, 0.1) is 6.42 Å². The number of hydrazone groups is 1. The highest BCUT2D eigenvalue weighted by Gasteiger charge is 2.37. The van der Waals surface area contributed by atoms with Crippen LogP contribution in [-0.4, -0.2) is 16.7 Å². The van der Waals surface area contributed by atoms with Crippen molar-refractivity contribution in [1.29, 1.82) is 0 Å². The van der Waals surface area contributed by atoms with E-state index in [1.165, 1.54) is 0 Å². The average Bonchev–Trinajstić information content (AvgIpc) is 2.74. The van der Waals surface area contributed by atoms with Crippen molar-refractivity contribution in [1.82, 2.24) is 5.43 Å². The van der Waals surface area contributed by atoms with E-state index in [1.807, 2.05) is 0 Å². The fourth-order valence-electron chi connectivity index (χ4n) is 2.64. The second kappa shape index (κ2) is 4.88. The molecule has 0 heterocycles. The van der Waals surface area contributed by atoms with Gasteiger partial charge in [-0.05, 0) is 36.5 Å². The van der Waals surface area contributed by atoms with Gasteiger partial charge in [0.2, 0.25) is 5.91 Å². The minimum Gasteiger partial charge on any atom is -0.508 e. The molecule has 98 valence electrons. The maximum Gasteiger partial charge on any atom is 0.244 e. The zero-order valence-corrected chi connectivity index (χ0v) is 10.5. The molecule has 4 nitrogen and oxygen atoms in total. The number of phenols is 1. The molecule has 2 unspecified atom stereocenters. The highest BCUT2D eigenvalue weighted by molar-refractivity contribution is 5.95. The Hall–Kier alpha value is -2.10. The van der Waals surface area contributed by atoms with E-state index in [4.69, 9.17) is 5.11 Å². The standard InChI is InChI=1S/C15H16N2O2/c18-12-6-4-10(5-7-12)8-15(19)17-16-14-9-11-2-1-3-13(11)14/h1-2,4-7,11,13,18H,3,8-9H2,(H,17,19)/b16-14+. The third-order valence-corrected chi connectivity index (χ3v) is 3.79. The number of hydrogen-bond donors (Lipinski definition) is 2. The van der Waals surface area contributed by atoms with Crippen LogP contribution < -0.4 is 5.43 Å². The van der Waals surface area contributed by atoms with Gasteiger partial charge in [0.15, 0.2) is 0 Å². The molecular weight excluding hydrogens is 240 g/mol. The van der Waals surface area contributed by atoms with Gasteiger partial charge < -0.3 is 5.11 Å². The van der Waals surface area contributed by atoms with Crippen molar-refractivity contribution in [3.8, 4) is 5.75 Å². The van der Waals surface area contributed by atoms with Crippen LogP contribution in [0.3, 0.4) is 0 Å². The van der Waals surface area contributed by atoms with Crippen LogP contribution >= 0.6 is 0 Å². The van der Waals surface area contributed by atoms with Gasteiger partial charge in [-0.1, -0.05) is 24.3 Å². The summed E-state index contributed by atoms with van der Waals surface area (Å²) in [5.41, 5.74) is 4.59. The summed E-state index contributed by atoms with van der Waals surface area (Å²) in [6, 6.07) is 6.63. The van der Waals surface area contributed by atoms with E-state index >= 15 is 0 Å². The van der Waals surface area contributed by atoms with Crippen molar-refractivity contribution in [2.75, 3.05) is 0 Å². The number of rotatable bonds is 3. The number of hydrogen-bond acceptors (Lipinski definition) is 3. The second-order valence-corrected chi connectivity index (χ2v) is 5.12. The summed E-state index contributed by atoms with van der Waals surface area (Å²) < 4.78 is 0. The number of amides is 1. The summed E-state index contributed by atoms with van der Waals surface area (Å²) in [4.78, 5) is 11.7. The van der Waals surface area contributed by atoms with Crippen LogP contribution in [0.5, 0.6) is 5.75 Å². The molecule has 1 aromatic carbocycles. The monoisotopic (exact) mass is 256 g/mol. The zero-order valence-electron chi connectivity index (χ0n) is 10.5. The smallest absolute Gasteiger partial charge is 0.244 e. The molecule has 1 fully saturated rings. The quantitative estimate of drug-likeness (QED) is 0.642. The summed E-state index contributed by atoms with van der Waals surface area (Å²) in [5.74, 6) is 1.26. The summed E-state index contributed by atoms with van der Waals surface area (Å²) in [6.07, 6.45) is 6.74. The van der Waals surface area contributed by atoms with Gasteiger partial charge in [-0.3, -0.25) is 4.79 Å². The van der Waals surface area contributed by atoms with Crippen molar-refractivity contribution >= 4 is 11.6 Å². The Labute approximate surface area is 111 Å². The van der Waals surface area contributed by atoms with Crippen LogP contribution in [0, 0.1) is 11.8 Å². The lowest BCUT2D eigenvalue weighted by molar-refractivity contribution is -0.120. The molecule has 2 aliphatic carbocycles. The number of fused-ring (bicyclic) bond motifs is 1. The van der Waals surface area contributed by atoms with Crippen LogP contribution in [-0.2, 0) is 11.2 Å². The first-order valence-corrected chi connectivity index (χ1v) is 6.52. The Kier molecular flexibility index (Phi) is 3.07. The molecule has 0 bridgehead atoms. The van der Waals surface area contributed by atoms with Gasteiger partial charge >= 0.3 is 0 Å². The number of phenolic OH excluding ortho intramolecular Hbond substituents is 1. The Morgan fingerprint density at radius 3 is 2.89 bits per heavy atom. The molecule has 0 aromatic heterocycles. The highest BCUT2D eigenvalue weighted by Crippen LogP contribution is 2.39. The van der Waals surface area contributed by atoms with E-state index in [-0.39, 0.29) is 18.1 Å². The largest absolute Gasteiger partial charge is 0.508 e. The summed E-state index contributed by atoms with van der Waals surface area (Å²) in [5, 5.41) is 13.4. The summed E-state index contributed by atoms with van der Waals surface area (Å²) in [7, 11) is 0. The van der Waals surface area contributed by atoms with E-state index < -0.39 is 0 Å². The van der Waals surface area contributed by atoms with Gasteiger partial charge in [-0.2, -0.15) is 5.10 Å². The van der Waals surface area contributed by atoms with E-state index in [0.29, 0.717) is 11.8 Å². The molecule has 4 heteroatoms. The van der Waals surface area contributed by atoms with Crippen LogP contribution in [0.2, 0.25) is 0 Å². The van der Waals surface area contributed by atoms with E-state index in [2.05, 4.69) is 22.7 Å². The first-order chi connectivity index (χ1) is 9.22. The van der Waals surface area contributed by atoms with Crippen molar-refractivity contribution in [2.45, 2.75) is 19.3 Å². The lowest BCUT2D eigenvalue weighted by atomic mass is 9.74. The first kappa shape index (κ1) is 12.0. The normalized spacial score (nSPS) is 26.0. The summed E-state index contributed by atoms with van der Waals surface area (Å²) >= 11 is 0. The maximum absolute atomic E-state index is 11.7. The van der Waals surface area contributed by atoms with Crippen molar-refractivity contribution in [2.24, 2.45) is 16.9 Å². The SMILES string of the molecule is O=C(Cc1ccc(O)cc1)N/N=C1\CC2C=CCC12.